The fourth-order valence-electron chi connectivity index (χ4n) is 2.45. The molecule has 0 fully saturated rings. The number of alkyl halides is 1. The van der Waals surface area contributed by atoms with Crippen molar-refractivity contribution in [3.05, 3.63) is 64.0 Å². The highest BCUT2D eigenvalue weighted by Gasteiger charge is 2.16. The highest BCUT2D eigenvalue weighted by molar-refractivity contribution is 6.17. The molecule has 0 unspecified atom stereocenters. The van der Waals surface area contributed by atoms with Crippen molar-refractivity contribution in [2.75, 3.05) is 0 Å². The molecule has 1 aromatic carbocycles. The van der Waals surface area contributed by atoms with E-state index < -0.39 is 4.92 Å². The van der Waals surface area contributed by atoms with E-state index in [9.17, 15) is 10.1 Å². The van der Waals surface area contributed by atoms with E-state index in [0.717, 1.165) is 17.0 Å². The van der Waals surface area contributed by atoms with Gasteiger partial charge in [-0.05, 0) is 19.1 Å². The second-order valence-corrected chi connectivity index (χ2v) is 4.98. The average molecular weight is 302 g/mol. The predicted molar refractivity (Wildman–Crippen MR) is 81.6 cm³/mol. The monoisotopic (exact) mass is 301 g/mol. The number of hydrogen-bond acceptors (Lipinski definition) is 3. The van der Waals surface area contributed by atoms with E-state index in [1.165, 1.54) is 12.1 Å². The summed E-state index contributed by atoms with van der Waals surface area (Å²) in [5.74, 6) is 0.282. The molecule has 0 N–H and O–H groups in total. The first-order valence-electron chi connectivity index (χ1n) is 6.39. The van der Waals surface area contributed by atoms with Crippen LogP contribution in [0.1, 0.15) is 11.4 Å². The van der Waals surface area contributed by atoms with Gasteiger partial charge in [0.05, 0.1) is 22.2 Å². The van der Waals surface area contributed by atoms with Crippen molar-refractivity contribution >= 4 is 22.9 Å². The van der Waals surface area contributed by atoms with E-state index in [-0.39, 0.29) is 11.6 Å². The van der Waals surface area contributed by atoms with Crippen LogP contribution in [0.4, 0.5) is 5.69 Å². The van der Waals surface area contributed by atoms with Crippen LogP contribution in [0.2, 0.25) is 0 Å². The number of pyridine rings is 1. The number of aryl methyl sites for hydroxylation is 1. The van der Waals surface area contributed by atoms with Gasteiger partial charge in [-0.3, -0.25) is 14.5 Å². The fraction of sp³-hybridized carbons (Fsp3) is 0.133. The third kappa shape index (κ3) is 2.25. The Balaban J connectivity index is 2.27. The second kappa shape index (κ2) is 5.18. The molecule has 0 atom stereocenters. The van der Waals surface area contributed by atoms with Gasteiger partial charge in [0.1, 0.15) is 5.65 Å². The highest BCUT2D eigenvalue weighted by Crippen LogP contribution is 2.29. The second-order valence-electron chi connectivity index (χ2n) is 4.71. The van der Waals surface area contributed by atoms with Crippen LogP contribution in [0.25, 0.3) is 16.9 Å². The van der Waals surface area contributed by atoms with Crippen molar-refractivity contribution in [3.8, 4) is 11.3 Å². The summed E-state index contributed by atoms with van der Waals surface area (Å²) in [4.78, 5) is 15.1. The van der Waals surface area contributed by atoms with Gasteiger partial charge in [-0.1, -0.05) is 18.2 Å². The van der Waals surface area contributed by atoms with Crippen molar-refractivity contribution in [3.63, 3.8) is 0 Å². The number of nitrogens with zero attached hydrogens (tertiary/aromatic N) is 3. The summed E-state index contributed by atoms with van der Waals surface area (Å²) in [6.07, 6.45) is 0. The zero-order valence-corrected chi connectivity index (χ0v) is 12.0. The molecule has 3 aromatic rings. The number of non-ortho nitro benzene ring substituents is 1. The molecule has 0 amide bonds. The molecule has 21 heavy (non-hydrogen) atoms. The molecule has 6 heteroatoms. The normalized spacial score (nSPS) is 11.0. The maximum Gasteiger partial charge on any atom is 0.270 e. The SMILES string of the molecule is Cc1cccc2nc(-c3cccc([N+](=O)[O-])c3)c(CCl)n12. The summed E-state index contributed by atoms with van der Waals surface area (Å²) in [6.45, 7) is 1.97. The van der Waals surface area contributed by atoms with Gasteiger partial charge in [0.25, 0.3) is 5.69 Å². The molecule has 0 spiro atoms. The number of benzene rings is 1. The minimum atomic E-state index is -0.412. The Morgan fingerprint density at radius 2 is 2.05 bits per heavy atom. The third-order valence-electron chi connectivity index (χ3n) is 3.39. The molecule has 0 saturated heterocycles. The quantitative estimate of drug-likeness (QED) is 0.418. The van der Waals surface area contributed by atoms with Gasteiger partial charge in [-0.15, -0.1) is 11.6 Å². The number of nitro groups is 1. The summed E-state index contributed by atoms with van der Waals surface area (Å²) < 4.78 is 1.97. The maximum atomic E-state index is 10.9. The van der Waals surface area contributed by atoms with Gasteiger partial charge < -0.3 is 0 Å². The van der Waals surface area contributed by atoms with E-state index in [4.69, 9.17) is 11.6 Å². The first-order chi connectivity index (χ1) is 10.1. The molecular formula is C15H12ClN3O2. The molecule has 0 aliphatic heterocycles. The van der Waals surface area contributed by atoms with Gasteiger partial charge in [0.2, 0.25) is 0 Å². The molecular weight excluding hydrogens is 290 g/mol. The van der Waals surface area contributed by atoms with Crippen molar-refractivity contribution in [1.82, 2.24) is 9.38 Å². The standard InChI is InChI=1S/C15H12ClN3O2/c1-10-4-2-7-14-17-15(13(9-16)18(10)14)11-5-3-6-12(8-11)19(20)21/h2-8H,9H2,1H3. The van der Waals surface area contributed by atoms with Crippen LogP contribution >= 0.6 is 11.6 Å². The van der Waals surface area contributed by atoms with Crippen LogP contribution in [0.3, 0.4) is 0 Å². The topological polar surface area (TPSA) is 60.4 Å². The highest BCUT2D eigenvalue weighted by atomic mass is 35.5. The minimum absolute atomic E-state index is 0.0433. The van der Waals surface area contributed by atoms with E-state index in [2.05, 4.69) is 4.98 Å². The lowest BCUT2D eigenvalue weighted by atomic mass is 10.1. The number of fused-ring (bicyclic) bond motifs is 1. The van der Waals surface area contributed by atoms with Crippen molar-refractivity contribution in [2.45, 2.75) is 12.8 Å². The number of nitro benzene ring substituents is 1. The van der Waals surface area contributed by atoms with Gasteiger partial charge in [-0.25, -0.2) is 4.98 Å². The smallest absolute Gasteiger partial charge is 0.270 e. The third-order valence-corrected chi connectivity index (χ3v) is 3.64. The largest absolute Gasteiger partial charge is 0.299 e. The van der Waals surface area contributed by atoms with E-state index in [0.29, 0.717) is 11.3 Å². The number of halogens is 1. The molecule has 0 aliphatic rings. The summed E-state index contributed by atoms with van der Waals surface area (Å²) in [7, 11) is 0. The first-order valence-corrected chi connectivity index (χ1v) is 6.93. The van der Waals surface area contributed by atoms with E-state index in [1.54, 1.807) is 12.1 Å². The molecule has 2 aromatic heterocycles. The lowest BCUT2D eigenvalue weighted by Crippen LogP contribution is -1.95. The molecule has 3 rings (SSSR count). The summed E-state index contributed by atoms with van der Waals surface area (Å²) >= 11 is 6.08. The molecule has 5 nitrogen and oxygen atoms in total. The van der Waals surface area contributed by atoms with Crippen LogP contribution in [0, 0.1) is 17.0 Å². The molecule has 0 radical (unpaired) electrons. The zero-order valence-electron chi connectivity index (χ0n) is 11.3. The summed E-state index contributed by atoms with van der Waals surface area (Å²) in [5.41, 5.74) is 4.07. The molecule has 0 bridgehead atoms. The van der Waals surface area contributed by atoms with Crippen molar-refractivity contribution < 1.29 is 4.92 Å². The Labute approximate surface area is 126 Å². The number of rotatable bonds is 3. The van der Waals surface area contributed by atoms with Crippen molar-refractivity contribution in [2.24, 2.45) is 0 Å². The lowest BCUT2D eigenvalue weighted by molar-refractivity contribution is -0.384. The molecule has 2 heterocycles. The molecule has 106 valence electrons. The van der Waals surface area contributed by atoms with Crippen LogP contribution < -0.4 is 0 Å². The Kier molecular flexibility index (Phi) is 3.35. The van der Waals surface area contributed by atoms with Gasteiger partial charge in [-0.2, -0.15) is 0 Å². The molecule has 0 aliphatic carbocycles. The predicted octanol–water partition coefficient (Wildman–Crippen LogP) is 3.96. The Bertz CT molecular complexity index is 842. The van der Waals surface area contributed by atoms with Gasteiger partial charge >= 0.3 is 0 Å². The number of imidazole rings is 1. The summed E-state index contributed by atoms with van der Waals surface area (Å²) in [6, 6.07) is 12.2. The fourth-order valence-corrected chi connectivity index (χ4v) is 2.69. The van der Waals surface area contributed by atoms with Crippen LogP contribution in [-0.2, 0) is 5.88 Å². The average Bonchev–Trinajstić information content (AvgIpc) is 2.87. The lowest BCUT2D eigenvalue weighted by Gasteiger charge is -2.04. The Morgan fingerprint density at radius 3 is 2.76 bits per heavy atom. The number of hydrogen-bond donors (Lipinski definition) is 0. The van der Waals surface area contributed by atoms with Crippen LogP contribution in [-0.4, -0.2) is 14.3 Å². The van der Waals surface area contributed by atoms with Crippen LogP contribution in [0.15, 0.2) is 42.5 Å². The Morgan fingerprint density at radius 1 is 1.29 bits per heavy atom. The molecule has 0 saturated carbocycles. The van der Waals surface area contributed by atoms with Gasteiger partial charge in [0.15, 0.2) is 0 Å². The van der Waals surface area contributed by atoms with E-state index >= 15 is 0 Å². The maximum absolute atomic E-state index is 10.9. The number of aromatic nitrogens is 2. The first kappa shape index (κ1) is 13.6. The Hall–Kier alpha value is -2.40. The van der Waals surface area contributed by atoms with Crippen molar-refractivity contribution in [1.29, 1.82) is 0 Å². The summed E-state index contributed by atoms with van der Waals surface area (Å²) in [5, 5.41) is 10.9. The zero-order chi connectivity index (χ0) is 15.0. The van der Waals surface area contributed by atoms with E-state index in [1.807, 2.05) is 29.5 Å². The minimum Gasteiger partial charge on any atom is -0.299 e. The van der Waals surface area contributed by atoms with Crippen LogP contribution in [0.5, 0.6) is 0 Å². The van der Waals surface area contributed by atoms with Gasteiger partial charge in [0, 0.05) is 23.4 Å².